The molecule has 2 N–H and O–H groups in total. The first-order valence-electron chi connectivity index (χ1n) is 9.18. The van der Waals surface area contributed by atoms with Gasteiger partial charge >= 0.3 is 0 Å². The summed E-state index contributed by atoms with van der Waals surface area (Å²) < 4.78 is 18.6. The SMILES string of the molecule is O=C(COc1ccccc1F)NNC(=O)CC(c1ccccc1)c1ccccc1. The number of amides is 2. The van der Waals surface area contributed by atoms with Crippen molar-refractivity contribution in [1.29, 1.82) is 0 Å². The van der Waals surface area contributed by atoms with Crippen molar-refractivity contribution in [2.24, 2.45) is 0 Å². The number of rotatable bonds is 7. The van der Waals surface area contributed by atoms with E-state index in [1.54, 1.807) is 6.07 Å². The minimum atomic E-state index is -0.586. The third-order valence-electron chi connectivity index (χ3n) is 4.33. The number of hydrogen-bond donors (Lipinski definition) is 2. The summed E-state index contributed by atoms with van der Waals surface area (Å²) in [6.07, 6.45) is 0.155. The number of ether oxygens (including phenoxy) is 1. The minimum Gasteiger partial charge on any atom is -0.481 e. The van der Waals surface area contributed by atoms with Crippen LogP contribution in [-0.2, 0) is 9.59 Å². The Balaban J connectivity index is 1.55. The molecule has 0 heterocycles. The van der Waals surface area contributed by atoms with E-state index in [1.807, 2.05) is 60.7 Å². The van der Waals surface area contributed by atoms with Crippen LogP contribution in [0.5, 0.6) is 5.75 Å². The molecular weight excluding hydrogens is 371 g/mol. The molecular formula is C23H21FN2O3. The Morgan fingerprint density at radius 3 is 1.86 bits per heavy atom. The van der Waals surface area contributed by atoms with E-state index in [4.69, 9.17) is 4.74 Å². The fourth-order valence-electron chi connectivity index (χ4n) is 2.92. The van der Waals surface area contributed by atoms with E-state index in [1.165, 1.54) is 18.2 Å². The normalized spacial score (nSPS) is 10.4. The lowest BCUT2D eigenvalue weighted by Crippen LogP contribution is -2.44. The fourth-order valence-corrected chi connectivity index (χ4v) is 2.92. The molecule has 0 spiro atoms. The third kappa shape index (κ3) is 5.90. The van der Waals surface area contributed by atoms with Crippen molar-refractivity contribution in [3.8, 4) is 5.75 Å². The highest BCUT2D eigenvalue weighted by Crippen LogP contribution is 2.27. The minimum absolute atomic E-state index is 0.0257. The van der Waals surface area contributed by atoms with Crippen LogP contribution >= 0.6 is 0 Å². The van der Waals surface area contributed by atoms with Crippen molar-refractivity contribution in [3.63, 3.8) is 0 Å². The van der Waals surface area contributed by atoms with Crippen LogP contribution < -0.4 is 15.6 Å². The van der Waals surface area contributed by atoms with Crippen LogP contribution in [0.25, 0.3) is 0 Å². The number of hydrazine groups is 1. The summed E-state index contributed by atoms with van der Waals surface area (Å²) in [6.45, 7) is -0.415. The first kappa shape index (κ1) is 20.1. The van der Waals surface area contributed by atoms with Gasteiger partial charge in [-0.3, -0.25) is 20.4 Å². The molecule has 148 valence electrons. The van der Waals surface area contributed by atoms with Crippen LogP contribution in [0.2, 0.25) is 0 Å². The molecule has 0 aromatic heterocycles. The Kier molecular flexibility index (Phi) is 6.95. The van der Waals surface area contributed by atoms with Gasteiger partial charge in [0.1, 0.15) is 0 Å². The summed E-state index contributed by atoms with van der Waals surface area (Å²) in [7, 11) is 0. The molecule has 0 atom stereocenters. The van der Waals surface area contributed by atoms with Gasteiger partial charge in [0.25, 0.3) is 5.91 Å². The van der Waals surface area contributed by atoms with Crippen molar-refractivity contribution < 1.29 is 18.7 Å². The monoisotopic (exact) mass is 392 g/mol. The summed E-state index contributed by atoms with van der Waals surface area (Å²) in [5.41, 5.74) is 6.69. The molecule has 3 rings (SSSR count). The maximum Gasteiger partial charge on any atom is 0.276 e. The summed E-state index contributed by atoms with van der Waals surface area (Å²) >= 11 is 0. The van der Waals surface area contributed by atoms with Crippen LogP contribution in [-0.4, -0.2) is 18.4 Å². The summed E-state index contributed by atoms with van der Waals surface area (Å²) in [5.74, 6) is -1.66. The summed E-state index contributed by atoms with van der Waals surface area (Å²) in [5, 5.41) is 0. The van der Waals surface area contributed by atoms with Gasteiger partial charge in [0.2, 0.25) is 5.91 Å². The van der Waals surface area contributed by atoms with Gasteiger partial charge in [-0.25, -0.2) is 4.39 Å². The number of nitrogens with one attached hydrogen (secondary N) is 2. The molecule has 0 saturated heterocycles. The zero-order valence-electron chi connectivity index (χ0n) is 15.7. The topological polar surface area (TPSA) is 67.4 Å². The Labute approximate surface area is 168 Å². The van der Waals surface area contributed by atoms with Crippen molar-refractivity contribution in [2.75, 3.05) is 6.61 Å². The average molecular weight is 392 g/mol. The van der Waals surface area contributed by atoms with Gasteiger partial charge in [-0.1, -0.05) is 72.8 Å². The van der Waals surface area contributed by atoms with Gasteiger partial charge in [0.05, 0.1) is 0 Å². The number of benzene rings is 3. The second-order valence-corrected chi connectivity index (χ2v) is 6.39. The molecule has 0 bridgehead atoms. The van der Waals surface area contributed by atoms with E-state index >= 15 is 0 Å². The number of para-hydroxylation sites is 1. The molecule has 0 aliphatic heterocycles. The summed E-state index contributed by atoms with van der Waals surface area (Å²) in [4.78, 5) is 24.3. The molecule has 0 fully saturated rings. The lowest BCUT2D eigenvalue weighted by molar-refractivity contribution is -0.130. The highest BCUT2D eigenvalue weighted by molar-refractivity contribution is 5.83. The second kappa shape index (κ2) is 10.0. The zero-order chi connectivity index (χ0) is 20.5. The van der Waals surface area contributed by atoms with Crippen LogP contribution in [0.15, 0.2) is 84.9 Å². The van der Waals surface area contributed by atoms with Crippen molar-refractivity contribution in [3.05, 3.63) is 102 Å². The van der Waals surface area contributed by atoms with Crippen molar-refractivity contribution >= 4 is 11.8 Å². The standard InChI is InChI=1S/C23H21FN2O3/c24-20-13-7-8-14-21(20)29-16-23(28)26-25-22(27)15-19(17-9-3-1-4-10-17)18-11-5-2-6-12-18/h1-14,19H,15-16H2,(H,25,27)(H,26,28). The number of hydrogen-bond acceptors (Lipinski definition) is 3. The first-order chi connectivity index (χ1) is 14.1. The lowest BCUT2D eigenvalue weighted by atomic mass is 9.88. The van der Waals surface area contributed by atoms with Crippen molar-refractivity contribution in [2.45, 2.75) is 12.3 Å². The Hall–Kier alpha value is -3.67. The van der Waals surface area contributed by atoms with Crippen LogP contribution in [0.4, 0.5) is 4.39 Å². The van der Waals surface area contributed by atoms with Gasteiger partial charge in [0, 0.05) is 12.3 Å². The predicted octanol–water partition coefficient (Wildman–Crippen LogP) is 3.57. The molecule has 0 radical (unpaired) electrons. The van der Waals surface area contributed by atoms with Crippen LogP contribution in [0, 0.1) is 5.82 Å². The Bertz CT molecular complexity index is 909. The van der Waals surface area contributed by atoms with Gasteiger partial charge in [-0.15, -0.1) is 0 Å². The highest BCUT2D eigenvalue weighted by atomic mass is 19.1. The maximum absolute atomic E-state index is 13.5. The second-order valence-electron chi connectivity index (χ2n) is 6.39. The van der Waals surface area contributed by atoms with Gasteiger partial charge in [-0.2, -0.15) is 0 Å². The number of carbonyl (C=O) groups excluding carboxylic acids is 2. The molecule has 5 nitrogen and oxygen atoms in total. The Morgan fingerprint density at radius 2 is 1.28 bits per heavy atom. The fraction of sp³-hybridized carbons (Fsp3) is 0.130. The van der Waals surface area contributed by atoms with Gasteiger partial charge < -0.3 is 4.74 Å². The molecule has 0 saturated carbocycles. The van der Waals surface area contributed by atoms with E-state index in [0.717, 1.165) is 11.1 Å². The molecule has 3 aromatic carbocycles. The molecule has 29 heavy (non-hydrogen) atoms. The predicted molar refractivity (Wildman–Crippen MR) is 108 cm³/mol. The van der Waals surface area contributed by atoms with Crippen LogP contribution in [0.3, 0.4) is 0 Å². The quantitative estimate of drug-likeness (QED) is 0.604. The van der Waals surface area contributed by atoms with E-state index in [-0.39, 0.29) is 24.0 Å². The summed E-state index contributed by atoms with van der Waals surface area (Å²) in [6, 6.07) is 25.2. The molecule has 3 aromatic rings. The van der Waals surface area contributed by atoms with Crippen LogP contribution in [0.1, 0.15) is 23.5 Å². The molecule has 0 aliphatic carbocycles. The van der Waals surface area contributed by atoms with E-state index in [9.17, 15) is 14.0 Å². The van der Waals surface area contributed by atoms with E-state index in [2.05, 4.69) is 10.9 Å². The first-order valence-corrected chi connectivity index (χ1v) is 9.18. The van der Waals surface area contributed by atoms with Gasteiger partial charge in [0.15, 0.2) is 18.2 Å². The lowest BCUT2D eigenvalue weighted by Gasteiger charge is -2.18. The number of halogens is 1. The zero-order valence-corrected chi connectivity index (χ0v) is 15.7. The third-order valence-corrected chi connectivity index (χ3v) is 4.33. The average Bonchev–Trinajstić information content (AvgIpc) is 2.76. The number of carbonyl (C=O) groups is 2. The maximum atomic E-state index is 13.5. The van der Waals surface area contributed by atoms with Gasteiger partial charge in [-0.05, 0) is 23.3 Å². The molecule has 6 heteroatoms. The largest absolute Gasteiger partial charge is 0.481 e. The van der Waals surface area contributed by atoms with E-state index in [0.29, 0.717) is 0 Å². The molecule has 2 amide bonds. The molecule has 0 unspecified atom stereocenters. The molecule has 0 aliphatic rings. The van der Waals surface area contributed by atoms with E-state index < -0.39 is 18.3 Å². The Morgan fingerprint density at radius 1 is 0.759 bits per heavy atom. The smallest absolute Gasteiger partial charge is 0.276 e. The highest BCUT2D eigenvalue weighted by Gasteiger charge is 2.18. The van der Waals surface area contributed by atoms with Crippen molar-refractivity contribution in [1.82, 2.24) is 10.9 Å².